The quantitative estimate of drug-likeness (QED) is 0.810. The Hall–Kier alpha value is -1.20. The fourth-order valence-corrected chi connectivity index (χ4v) is 3.03. The van der Waals surface area contributed by atoms with Crippen molar-refractivity contribution in [1.29, 1.82) is 0 Å². The molecule has 0 aliphatic heterocycles. The Bertz CT molecular complexity index is 442. The molecule has 1 heterocycles. The maximum atomic E-state index is 6.03. The molecule has 1 aromatic heterocycles. The second-order valence-electron chi connectivity index (χ2n) is 5.72. The zero-order chi connectivity index (χ0) is 14.6. The molecule has 112 valence electrons. The zero-order valence-electron chi connectivity index (χ0n) is 12.5. The molecule has 5 heteroatoms. The molecule has 0 spiro atoms. The number of rotatable bonds is 6. The second-order valence-corrected chi connectivity index (χ2v) is 5.72. The number of hydrogen-bond acceptors (Lipinski definition) is 5. The molecule has 1 aliphatic rings. The van der Waals surface area contributed by atoms with Crippen LogP contribution < -0.4 is 5.73 Å². The number of hydrogen-bond donors (Lipinski definition) is 1. The van der Waals surface area contributed by atoms with Crippen molar-refractivity contribution in [1.82, 2.24) is 10.1 Å². The molecule has 0 amide bonds. The Labute approximate surface area is 120 Å². The van der Waals surface area contributed by atoms with Gasteiger partial charge in [0.2, 0.25) is 11.7 Å². The summed E-state index contributed by atoms with van der Waals surface area (Å²) in [7, 11) is 0. The van der Waals surface area contributed by atoms with Crippen molar-refractivity contribution in [3.8, 4) is 0 Å². The van der Waals surface area contributed by atoms with Gasteiger partial charge in [0.15, 0.2) is 0 Å². The smallest absolute Gasteiger partial charge is 0.243 e. The first-order chi connectivity index (χ1) is 9.61. The highest BCUT2D eigenvalue weighted by atomic mass is 16.5. The van der Waals surface area contributed by atoms with Crippen LogP contribution in [0.4, 0.5) is 0 Å². The summed E-state index contributed by atoms with van der Waals surface area (Å²) in [6.07, 6.45) is 6.63. The highest BCUT2D eigenvalue weighted by Crippen LogP contribution is 2.41. The SMILES string of the molecule is C=CCC(N)c1nc(C2(OCC)CCCC(C)C2)no1. The van der Waals surface area contributed by atoms with E-state index >= 15 is 0 Å². The molecule has 1 saturated carbocycles. The Kier molecular flexibility index (Phi) is 4.94. The monoisotopic (exact) mass is 279 g/mol. The zero-order valence-corrected chi connectivity index (χ0v) is 12.5. The lowest BCUT2D eigenvalue weighted by Gasteiger charge is -2.37. The first-order valence-corrected chi connectivity index (χ1v) is 7.46. The van der Waals surface area contributed by atoms with Gasteiger partial charge in [-0.25, -0.2) is 0 Å². The van der Waals surface area contributed by atoms with Crippen LogP contribution in [0, 0.1) is 5.92 Å². The summed E-state index contributed by atoms with van der Waals surface area (Å²) in [6, 6.07) is -0.284. The highest BCUT2D eigenvalue weighted by Gasteiger charge is 2.41. The molecule has 0 bridgehead atoms. The predicted molar refractivity (Wildman–Crippen MR) is 77.0 cm³/mol. The van der Waals surface area contributed by atoms with Gasteiger partial charge in [-0.2, -0.15) is 4.98 Å². The first-order valence-electron chi connectivity index (χ1n) is 7.46. The summed E-state index contributed by atoms with van der Waals surface area (Å²) < 4.78 is 11.4. The van der Waals surface area contributed by atoms with Crippen LogP contribution in [0.15, 0.2) is 17.2 Å². The van der Waals surface area contributed by atoms with Crippen molar-refractivity contribution in [2.45, 2.75) is 57.6 Å². The van der Waals surface area contributed by atoms with E-state index in [0.29, 0.717) is 30.7 Å². The molecule has 3 unspecified atom stereocenters. The molecule has 0 aromatic carbocycles. The fraction of sp³-hybridized carbons (Fsp3) is 0.733. The Morgan fingerprint density at radius 1 is 1.65 bits per heavy atom. The van der Waals surface area contributed by atoms with Gasteiger partial charge in [-0.1, -0.05) is 24.6 Å². The Morgan fingerprint density at radius 2 is 2.45 bits per heavy atom. The Morgan fingerprint density at radius 3 is 3.10 bits per heavy atom. The van der Waals surface area contributed by atoms with Crippen molar-refractivity contribution in [3.05, 3.63) is 24.4 Å². The van der Waals surface area contributed by atoms with Gasteiger partial charge in [0.25, 0.3) is 0 Å². The molecule has 5 nitrogen and oxygen atoms in total. The van der Waals surface area contributed by atoms with Crippen LogP contribution in [0.2, 0.25) is 0 Å². The van der Waals surface area contributed by atoms with E-state index in [1.807, 2.05) is 6.92 Å². The summed E-state index contributed by atoms with van der Waals surface area (Å²) in [5.41, 5.74) is 5.58. The van der Waals surface area contributed by atoms with Crippen molar-refractivity contribution in [3.63, 3.8) is 0 Å². The molecule has 0 radical (unpaired) electrons. The molecule has 1 aliphatic carbocycles. The lowest BCUT2D eigenvalue weighted by Crippen LogP contribution is -2.36. The third-order valence-electron chi connectivity index (χ3n) is 3.96. The average Bonchev–Trinajstić information content (AvgIpc) is 2.89. The summed E-state index contributed by atoms with van der Waals surface area (Å²) in [6.45, 7) is 8.58. The second kappa shape index (κ2) is 6.50. The van der Waals surface area contributed by atoms with Gasteiger partial charge in [-0.05, 0) is 38.5 Å². The lowest BCUT2D eigenvalue weighted by atomic mass is 9.78. The molecule has 3 atom stereocenters. The van der Waals surface area contributed by atoms with Crippen LogP contribution in [0.25, 0.3) is 0 Å². The van der Waals surface area contributed by atoms with Crippen LogP contribution in [-0.4, -0.2) is 16.7 Å². The van der Waals surface area contributed by atoms with Crippen LogP contribution in [0.1, 0.15) is 63.7 Å². The van der Waals surface area contributed by atoms with E-state index in [0.717, 1.165) is 19.3 Å². The molecule has 0 saturated heterocycles. The van der Waals surface area contributed by atoms with E-state index in [-0.39, 0.29) is 6.04 Å². The van der Waals surface area contributed by atoms with Crippen molar-refractivity contribution < 1.29 is 9.26 Å². The lowest BCUT2D eigenvalue weighted by molar-refractivity contribution is -0.0891. The molecule has 1 fully saturated rings. The summed E-state index contributed by atoms with van der Waals surface area (Å²) in [4.78, 5) is 4.50. The van der Waals surface area contributed by atoms with Crippen molar-refractivity contribution in [2.75, 3.05) is 6.61 Å². The van der Waals surface area contributed by atoms with Crippen molar-refractivity contribution in [2.24, 2.45) is 11.7 Å². The predicted octanol–water partition coefficient (Wildman–Crippen LogP) is 3.09. The van der Waals surface area contributed by atoms with Gasteiger partial charge >= 0.3 is 0 Å². The van der Waals surface area contributed by atoms with Gasteiger partial charge in [0.1, 0.15) is 5.60 Å². The maximum absolute atomic E-state index is 6.03. The van der Waals surface area contributed by atoms with E-state index in [1.54, 1.807) is 6.08 Å². The van der Waals surface area contributed by atoms with Gasteiger partial charge in [0.05, 0.1) is 6.04 Å². The standard InChI is InChI=1S/C15H25N3O2/c1-4-7-12(16)13-17-14(18-20-13)15(19-5-2)9-6-8-11(3)10-15/h4,11-12H,1,5-10,16H2,2-3H3. The summed E-state index contributed by atoms with van der Waals surface area (Å²) in [5, 5.41) is 4.14. The topological polar surface area (TPSA) is 74.2 Å². The molecule has 2 rings (SSSR count). The van der Waals surface area contributed by atoms with E-state index in [1.165, 1.54) is 6.42 Å². The van der Waals surface area contributed by atoms with Gasteiger partial charge in [0, 0.05) is 6.61 Å². The molecule has 2 N–H and O–H groups in total. The molecule has 20 heavy (non-hydrogen) atoms. The minimum Gasteiger partial charge on any atom is -0.367 e. The molecule has 1 aromatic rings. The highest BCUT2D eigenvalue weighted by molar-refractivity contribution is 5.06. The van der Waals surface area contributed by atoms with E-state index in [4.69, 9.17) is 15.0 Å². The average molecular weight is 279 g/mol. The third-order valence-corrected chi connectivity index (χ3v) is 3.96. The van der Waals surface area contributed by atoms with Crippen LogP contribution >= 0.6 is 0 Å². The number of nitrogens with zero attached hydrogens (tertiary/aromatic N) is 2. The van der Waals surface area contributed by atoms with Gasteiger partial charge < -0.3 is 15.0 Å². The maximum Gasteiger partial charge on any atom is 0.243 e. The van der Waals surface area contributed by atoms with Gasteiger partial charge in [-0.15, -0.1) is 6.58 Å². The van der Waals surface area contributed by atoms with E-state index in [9.17, 15) is 0 Å². The summed E-state index contributed by atoms with van der Waals surface area (Å²) in [5.74, 6) is 1.73. The third kappa shape index (κ3) is 3.10. The van der Waals surface area contributed by atoms with Crippen LogP contribution in [0.5, 0.6) is 0 Å². The summed E-state index contributed by atoms with van der Waals surface area (Å²) >= 11 is 0. The number of aromatic nitrogens is 2. The van der Waals surface area contributed by atoms with Crippen molar-refractivity contribution >= 4 is 0 Å². The number of ether oxygens (including phenoxy) is 1. The number of nitrogens with two attached hydrogens (primary N) is 1. The minimum absolute atomic E-state index is 0.284. The normalized spacial score (nSPS) is 28.2. The minimum atomic E-state index is -0.401. The Balaban J connectivity index is 2.23. The first kappa shape index (κ1) is 15.2. The molecular formula is C15H25N3O2. The van der Waals surface area contributed by atoms with Gasteiger partial charge in [-0.3, -0.25) is 0 Å². The van der Waals surface area contributed by atoms with Crippen LogP contribution in [0.3, 0.4) is 0 Å². The largest absolute Gasteiger partial charge is 0.367 e. The molecular weight excluding hydrogens is 254 g/mol. The van der Waals surface area contributed by atoms with Crippen LogP contribution in [-0.2, 0) is 10.3 Å². The van der Waals surface area contributed by atoms with E-state index < -0.39 is 5.60 Å². The fourth-order valence-electron chi connectivity index (χ4n) is 3.03. The van der Waals surface area contributed by atoms with E-state index in [2.05, 4.69) is 23.6 Å².